The maximum Gasteiger partial charge on any atom is 0.329 e. The number of hydrogen-bond donors (Lipinski definition) is 1. The second kappa shape index (κ2) is 15.8. The number of hydrogen-bond acceptors (Lipinski definition) is 5. The van der Waals surface area contributed by atoms with Gasteiger partial charge in [0, 0.05) is 33.5 Å². The standard InChI is InChI=1S/C27H48N4O3/c1-4-5-6-7-8-10-13-16-19-23(32)20-17-14-11-9-12-15-18-21-31-22-29(2)24-25(33)28-27(34)30(3)26(24)31/h4-22H2,1-3H3,(H,28,33,34). The number of aromatic nitrogens is 2. The summed E-state index contributed by atoms with van der Waals surface area (Å²) in [4.78, 5) is 42.6. The molecule has 1 aliphatic rings. The summed E-state index contributed by atoms with van der Waals surface area (Å²) in [5, 5.41) is 0. The maximum atomic E-state index is 12.1. The third kappa shape index (κ3) is 9.30. The molecular weight excluding hydrogens is 428 g/mol. The zero-order valence-electron chi connectivity index (χ0n) is 22.0. The summed E-state index contributed by atoms with van der Waals surface area (Å²) in [5.74, 6) is 1.18. The lowest BCUT2D eigenvalue weighted by Gasteiger charge is -2.20. The Morgan fingerprint density at radius 3 is 1.82 bits per heavy atom. The molecule has 0 atom stereocenters. The van der Waals surface area contributed by atoms with Crippen LogP contribution in [0.4, 0.5) is 11.5 Å². The number of ketones is 1. The Labute approximate surface area is 205 Å². The molecule has 0 fully saturated rings. The Morgan fingerprint density at radius 2 is 1.26 bits per heavy atom. The highest BCUT2D eigenvalue weighted by Crippen LogP contribution is 2.29. The van der Waals surface area contributed by atoms with Crippen molar-refractivity contribution >= 4 is 17.3 Å². The minimum absolute atomic E-state index is 0.306. The lowest BCUT2D eigenvalue weighted by Crippen LogP contribution is -2.32. The van der Waals surface area contributed by atoms with Gasteiger partial charge in [0.2, 0.25) is 0 Å². The molecule has 7 nitrogen and oxygen atoms in total. The minimum Gasteiger partial charge on any atom is -0.349 e. The van der Waals surface area contributed by atoms with Gasteiger partial charge in [0.25, 0.3) is 5.56 Å². The molecule has 7 heteroatoms. The number of carbonyl (C=O) groups is 1. The molecular formula is C27H48N4O3. The summed E-state index contributed by atoms with van der Waals surface area (Å²) in [7, 11) is 3.60. The fourth-order valence-electron chi connectivity index (χ4n) is 4.96. The zero-order chi connectivity index (χ0) is 24.8. The third-order valence-corrected chi connectivity index (χ3v) is 7.03. The number of H-pyrrole nitrogens is 1. The van der Waals surface area contributed by atoms with Crippen LogP contribution in [-0.2, 0) is 11.8 Å². The van der Waals surface area contributed by atoms with Gasteiger partial charge in [0.05, 0.1) is 6.67 Å². The van der Waals surface area contributed by atoms with Crippen molar-refractivity contribution < 1.29 is 4.79 Å². The second-order valence-corrected chi connectivity index (χ2v) is 10.1. The largest absolute Gasteiger partial charge is 0.349 e. The maximum absolute atomic E-state index is 12.1. The van der Waals surface area contributed by atoms with Crippen molar-refractivity contribution in [1.29, 1.82) is 0 Å². The quantitative estimate of drug-likeness (QED) is 0.266. The fraction of sp³-hybridized carbons (Fsp3) is 0.815. The van der Waals surface area contributed by atoms with E-state index in [0.717, 1.165) is 57.3 Å². The fourth-order valence-corrected chi connectivity index (χ4v) is 4.96. The molecule has 0 spiro atoms. The van der Waals surface area contributed by atoms with Crippen LogP contribution in [0.25, 0.3) is 0 Å². The van der Waals surface area contributed by atoms with Gasteiger partial charge in [-0.3, -0.25) is 19.1 Å². The van der Waals surface area contributed by atoms with Crippen molar-refractivity contribution in [3.05, 3.63) is 20.8 Å². The summed E-state index contributed by atoms with van der Waals surface area (Å²) >= 11 is 0. The van der Waals surface area contributed by atoms with E-state index < -0.39 is 0 Å². The molecule has 1 N–H and O–H groups in total. The van der Waals surface area contributed by atoms with Crippen LogP contribution in [0.15, 0.2) is 9.59 Å². The Hall–Kier alpha value is -2.05. The molecule has 0 saturated carbocycles. The number of unbranched alkanes of at least 4 members (excludes halogenated alkanes) is 13. The summed E-state index contributed by atoms with van der Waals surface area (Å²) in [5.41, 5.74) is -0.0845. The third-order valence-electron chi connectivity index (χ3n) is 7.03. The van der Waals surface area contributed by atoms with Crippen molar-refractivity contribution in [2.45, 2.75) is 116 Å². The molecule has 2 heterocycles. The normalized spacial score (nSPS) is 13.0. The van der Waals surface area contributed by atoms with Crippen LogP contribution in [0.3, 0.4) is 0 Å². The molecule has 2 rings (SSSR count). The van der Waals surface area contributed by atoms with Gasteiger partial charge in [-0.25, -0.2) is 4.79 Å². The molecule has 0 radical (unpaired) electrons. The van der Waals surface area contributed by atoms with Gasteiger partial charge in [-0.2, -0.15) is 0 Å². The Kier molecular flexibility index (Phi) is 13.1. The predicted octanol–water partition coefficient (Wildman–Crippen LogP) is 5.51. The summed E-state index contributed by atoms with van der Waals surface area (Å²) < 4.78 is 1.54. The highest BCUT2D eigenvalue weighted by atomic mass is 16.2. The molecule has 0 unspecified atom stereocenters. The number of aromatic amines is 1. The minimum atomic E-state index is -0.361. The van der Waals surface area contributed by atoms with Crippen LogP contribution in [0.2, 0.25) is 0 Å². The highest BCUT2D eigenvalue weighted by Gasteiger charge is 2.28. The molecule has 1 aromatic heterocycles. The van der Waals surface area contributed by atoms with E-state index in [0.29, 0.717) is 18.1 Å². The van der Waals surface area contributed by atoms with Gasteiger partial charge >= 0.3 is 5.69 Å². The van der Waals surface area contributed by atoms with Crippen molar-refractivity contribution in [2.24, 2.45) is 7.05 Å². The molecule has 0 aliphatic carbocycles. The second-order valence-electron chi connectivity index (χ2n) is 10.1. The molecule has 1 aliphatic heterocycles. The SMILES string of the molecule is CCCCCCCCCCC(=O)CCCCCCCCCN1CN(C)c2c1n(C)c(=O)[nH]c2=O. The van der Waals surface area contributed by atoms with E-state index in [4.69, 9.17) is 0 Å². The molecule has 0 amide bonds. The first-order chi connectivity index (χ1) is 16.5. The molecule has 194 valence electrons. The van der Waals surface area contributed by atoms with Gasteiger partial charge in [-0.05, 0) is 19.3 Å². The summed E-state index contributed by atoms with van der Waals surface area (Å²) in [6.45, 7) is 3.74. The number of carbonyl (C=O) groups excluding carboxylic acids is 1. The van der Waals surface area contributed by atoms with Gasteiger partial charge in [0.15, 0.2) is 0 Å². The van der Waals surface area contributed by atoms with E-state index in [9.17, 15) is 14.4 Å². The number of anilines is 2. The van der Waals surface area contributed by atoms with Crippen molar-refractivity contribution in [1.82, 2.24) is 9.55 Å². The Morgan fingerprint density at radius 1 is 0.765 bits per heavy atom. The van der Waals surface area contributed by atoms with E-state index in [-0.39, 0.29) is 11.2 Å². The number of rotatable bonds is 19. The molecule has 0 bridgehead atoms. The number of Topliss-reactive ketones (excluding diaryl/α,β-unsaturated/α-hetero) is 1. The van der Waals surface area contributed by atoms with Crippen molar-refractivity contribution in [2.75, 3.05) is 30.1 Å². The van der Waals surface area contributed by atoms with Gasteiger partial charge < -0.3 is 9.80 Å². The van der Waals surface area contributed by atoms with Gasteiger partial charge in [-0.15, -0.1) is 0 Å². The summed E-state index contributed by atoms with van der Waals surface area (Å²) in [6.07, 6.45) is 19.8. The highest BCUT2D eigenvalue weighted by molar-refractivity contribution is 5.78. The number of fused-ring (bicyclic) bond motifs is 1. The first-order valence-corrected chi connectivity index (χ1v) is 13.8. The molecule has 0 saturated heterocycles. The topological polar surface area (TPSA) is 78.4 Å². The van der Waals surface area contributed by atoms with E-state index >= 15 is 0 Å². The molecule has 0 aromatic carbocycles. The van der Waals surface area contributed by atoms with Crippen LogP contribution in [0.5, 0.6) is 0 Å². The zero-order valence-corrected chi connectivity index (χ0v) is 22.0. The lowest BCUT2D eigenvalue weighted by atomic mass is 10.0. The van der Waals surface area contributed by atoms with Gasteiger partial charge in [-0.1, -0.05) is 84.0 Å². The Balaban J connectivity index is 1.46. The molecule has 34 heavy (non-hydrogen) atoms. The van der Waals surface area contributed by atoms with Crippen LogP contribution < -0.4 is 21.0 Å². The first-order valence-electron chi connectivity index (χ1n) is 13.8. The number of nitrogens with one attached hydrogen (secondary N) is 1. The molecule has 1 aromatic rings. The monoisotopic (exact) mass is 476 g/mol. The van der Waals surface area contributed by atoms with Gasteiger partial charge in [0.1, 0.15) is 17.3 Å². The van der Waals surface area contributed by atoms with Crippen LogP contribution in [-0.4, -0.2) is 35.6 Å². The average molecular weight is 477 g/mol. The summed E-state index contributed by atoms with van der Waals surface area (Å²) in [6, 6.07) is 0. The van der Waals surface area contributed by atoms with Crippen molar-refractivity contribution in [3.63, 3.8) is 0 Å². The van der Waals surface area contributed by atoms with Crippen molar-refractivity contribution in [3.8, 4) is 0 Å². The lowest BCUT2D eigenvalue weighted by molar-refractivity contribution is -0.119. The van der Waals surface area contributed by atoms with E-state index in [1.165, 1.54) is 68.8 Å². The average Bonchev–Trinajstić information content (AvgIpc) is 3.14. The van der Waals surface area contributed by atoms with E-state index in [2.05, 4.69) is 16.8 Å². The van der Waals surface area contributed by atoms with E-state index in [1.807, 2.05) is 11.9 Å². The number of nitrogens with zero attached hydrogens (tertiary/aromatic N) is 3. The van der Waals surface area contributed by atoms with Crippen LogP contribution in [0, 0.1) is 0 Å². The van der Waals surface area contributed by atoms with Crippen LogP contribution in [0.1, 0.15) is 116 Å². The smallest absolute Gasteiger partial charge is 0.329 e. The van der Waals surface area contributed by atoms with Crippen LogP contribution >= 0.6 is 0 Å². The first kappa shape index (κ1) is 28.2. The van der Waals surface area contributed by atoms with E-state index in [1.54, 1.807) is 7.05 Å². The Bertz CT molecular complexity index is 845. The predicted molar refractivity (Wildman–Crippen MR) is 142 cm³/mol.